The molecular formula is C18H18FNO3. The van der Waals surface area contributed by atoms with E-state index in [0.717, 1.165) is 12.3 Å². The smallest absolute Gasteiger partial charge is 0.337 e. The van der Waals surface area contributed by atoms with Gasteiger partial charge in [-0.3, -0.25) is 0 Å². The molecule has 2 aromatic rings. The Morgan fingerprint density at radius 2 is 1.87 bits per heavy atom. The molecule has 1 aliphatic carbocycles. The van der Waals surface area contributed by atoms with Crippen molar-refractivity contribution < 1.29 is 19.0 Å². The molecular weight excluding hydrogens is 297 g/mol. The second kappa shape index (κ2) is 6.77. The number of hydrogen-bond donors (Lipinski definition) is 1. The molecule has 0 atom stereocenters. The topological polar surface area (TPSA) is 59.4 Å². The molecule has 5 heteroatoms. The number of benzene rings is 1. The Morgan fingerprint density at radius 3 is 2.48 bits per heavy atom. The van der Waals surface area contributed by atoms with Gasteiger partial charge in [-0.1, -0.05) is 31.4 Å². The van der Waals surface area contributed by atoms with Crippen molar-refractivity contribution in [3.05, 3.63) is 53.5 Å². The predicted molar refractivity (Wildman–Crippen MR) is 83.5 cm³/mol. The van der Waals surface area contributed by atoms with Gasteiger partial charge >= 0.3 is 5.97 Å². The molecule has 3 rings (SSSR count). The first-order chi connectivity index (χ1) is 11.1. The summed E-state index contributed by atoms with van der Waals surface area (Å²) in [5, 5.41) is 8.80. The van der Waals surface area contributed by atoms with Gasteiger partial charge < -0.3 is 9.84 Å². The summed E-state index contributed by atoms with van der Waals surface area (Å²) in [6.45, 7) is 0. The summed E-state index contributed by atoms with van der Waals surface area (Å²) in [6.07, 6.45) is 7.37. The number of pyridine rings is 1. The first-order valence-electron chi connectivity index (χ1n) is 7.80. The van der Waals surface area contributed by atoms with E-state index in [-0.39, 0.29) is 11.4 Å². The maximum absolute atomic E-state index is 13.8. The van der Waals surface area contributed by atoms with E-state index in [4.69, 9.17) is 9.84 Å². The molecule has 0 unspecified atom stereocenters. The van der Waals surface area contributed by atoms with E-state index in [1.54, 1.807) is 12.1 Å². The number of carboxylic acids is 1. The molecule has 0 radical (unpaired) electrons. The standard InChI is InChI=1S/C18H18FNO3/c19-16-10-14(18(21)22)11-20-17(16)23-15-8-6-13(7-9-15)12-4-2-1-3-5-12/h6-12H,1-5H2,(H,21,22). The number of carbonyl (C=O) groups is 1. The number of hydrogen-bond acceptors (Lipinski definition) is 3. The van der Waals surface area contributed by atoms with Crippen molar-refractivity contribution in [2.45, 2.75) is 38.0 Å². The summed E-state index contributed by atoms with van der Waals surface area (Å²) in [5.41, 5.74) is 1.08. The molecule has 0 bridgehead atoms. The van der Waals surface area contributed by atoms with E-state index in [0.29, 0.717) is 11.7 Å². The molecule has 0 aliphatic heterocycles. The number of halogens is 1. The second-order valence-electron chi connectivity index (χ2n) is 5.82. The first-order valence-corrected chi connectivity index (χ1v) is 7.80. The highest BCUT2D eigenvalue weighted by molar-refractivity contribution is 5.87. The van der Waals surface area contributed by atoms with Crippen molar-refractivity contribution in [2.24, 2.45) is 0 Å². The lowest BCUT2D eigenvalue weighted by atomic mass is 9.84. The molecule has 1 heterocycles. The van der Waals surface area contributed by atoms with Crippen LogP contribution in [0.2, 0.25) is 0 Å². The zero-order chi connectivity index (χ0) is 16.2. The van der Waals surface area contributed by atoms with Crippen molar-refractivity contribution in [1.82, 2.24) is 4.98 Å². The zero-order valence-corrected chi connectivity index (χ0v) is 12.7. The van der Waals surface area contributed by atoms with Crippen LogP contribution in [0, 0.1) is 5.82 Å². The van der Waals surface area contributed by atoms with Gasteiger partial charge in [-0.15, -0.1) is 0 Å². The molecule has 1 aromatic carbocycles. The van der Waals surface area contributed by atoms with Gasteiger partial charge in [-0.2, -0.15) is 0 Å². The fraction of sp³-hybridized carbons (Fsp3) is 0.333. The lowest BCUT2D eigenvalue weighted by Gasteiger charge is -2.22. The van der Waals surface area contributed by atoms with Gasteiger partial charge in [0.1, 0.15) is 5.75 Å². The second-order valence-corrected chi connectivity index (χ2v) is 5.82. The number of aromatic carboxylic acids is 1. The third-order valence-corrected chi connectivity index (χ3v) is 4.23. The van der Waals surface area contributed by atoms with E-state index in [2.05, 4.69) is 4.98 Å². The van der Waals surface area contributed by atoms with Crippen LogP contribution in [0.25, 0.3) is 0 Å². The molecule has 0 amide bonds. The minimum Gasteiger partial charge on any atom is -0.478 e. The highest BCUT2D eigenvalue weighted by Gasteiger charge is 2.16. The van der Waals surface area contributed by atoms with E-state index >= 15 is 0 Å². The van der Waals surface area contributed by atoms with Gasteiger partial charge in [-0.25, -0.2) is 14.2 Å². The summed E-state index contributed by atoms with van der Waals surface area (Å²) < 4.78 is 19.2. The quantitative estimate of drug-likeness (QED) is 0.883. The number of aromatic nitrogens is 1. The first kappa shape index (κ1) is 15.5. The van der Waals surface area contributed by atoms with Gasteiger partial charge in [0.05, 0.1) is 5.56 Å². The van der Waals surface area contributed by atoms with Crippen LogP contribution in [0.1, 0.15) is 53.9 Å². The molecule has 23 heavy (non-hydrogen) atoms. The minimum atomic E-state index is -1.22. The Labute approximate surface area is 133 Å². The maximum Gasteiger partial charge on any atom is 0.337 e. The van der Waals surface area contributed by atoms with Crippen LogP contribution in [0.4, 0.5) is 4.39 Å². The number of ether oxygens (including phenoxy) is 1. The van der Waals surface area contributed by atoms with Crippen molar-refractivity contribution in [2.75, 3.05) is 0 Å². The summed E-state index contributed by atoms with van der Waals surface area (Å²) in [5.74, 6) is -1.15. The van der Waals surface area contributed by atoms with Gasteiger partial charge in [0.15, 0.2) is 5.82 Å². The molecule has 0 saturated heterocycles. The molecule has 1 fully saturated rings. The molecule has 0 spiro atoms. The average molecular weight is 315 g/mol. The van der Waals surface area contributed by atoms with Crippen LogP contribution in [0.15, 0.2) is 36.5 Å². The fourth-order valence-corrected chi connectivity index (χ4v) is 2.97. The summed E-state index contributed by atoms with van der Waals surface area (Å²) in [7, 11) is 0. The lowest BCUT2D eigenvalue weighted by Crippen LogP contribution is -2.04. The zero-order valence-electron chi connectivity index (χ0n) is 12.7. The summed E-state index contributed by atoms with van der Waals surface area (Å²) in [4.78, 5) is 14.5. The molecule has 4 nitrogen and oxygen atoms in total. The molecule has 1 aromatic heterocycles. The van der Waals surface area contributed by atoms with Crippen molar-refractivity contribution in [1.29, 1.82) is 0 Å². The Kier molecular flexibility index (Phi) is 4.55. The fourth-order valence-electron chi connectivity index (χ4n) is 2.97. The summed E-state index contributed by atoms with van der Waals surface area (Å²) in [6, 6.07) is 8.52. The lowest BCUT2D eigenvalue weighted by molar-refractivity contribution is 0.0695. The van der Waals surface area contributed by atoms with Crippen LogP contribution in [0.5, 0.6) is 11.6 Å². The highest BCUT2D eigenvalue weighted by Crippen LogP contribution is 2.33. The third-order valence-electron chi connectivity index (χ3n) is 4.23. The Hall–Kier alpha value is -2.43. The SMILES string of the molecule is O=C(O)c1cnc(Oc2ccc(C3CCCCC3)cc2)c(F)c1. The van der Waals surface area contributed by atoms with Gasteiger partial charge in [0.2, 0.25) is 0 Å². The maximum atomic E-state index is 13.8. The largest absolute Gasteiger partial charge is 0.478 e. The number of rotatable bonds is 4. The van der Waals surface area contributed by atoms with Gasteiger partial charge in [-0.05, 0) is 42.5 Å². The molecule has 1 aliphatic rings. The number of nitrogens with zero attached hydrogens (tertiary/aromatic N) is 1. The Morgan fingerprint density at radius 1 is 1.17 bits per heavy atom. The average Bonchev–Trinajstić information content (AvgIpc) is 2.58. The minimum absolute atomic E-state index is 0.206. The predicted octanol–water partition coefficient (Wildman–Crippen LogP) is 4.76. The molecule has 1 saturated carbocycles. The monoisotopic (exact) mass is 315 g/mol. The van der Waals surface area contributed by atoms with Crippen LogP contribution >= 0.6 is 0 Å². The van der Waals surface area contributed by atoms with E-state index in [1.165, 1.54) is 37.7 Å². The Bertz CT molecular complexity index is 694. The van der Waals surface area contributed by atoms with Crippen LogP contribution in [-0.2, 0) is 0 Å². The van der Waals surface area contributed by atoms with Crippen LogP contribution in [0.3, 0.4) is 0 Å². The van der Waals surface area contributed by atoms with Crippen molar-refractivity contribution in [3.8, 4) is 11.6 Å². The van der Waals surface area contributed by atoms with Gasteiger partial charge in [0, 0.05) is 6.20 Å². The molecule has 120 valence electrons. The van der Waals surface area contributed by atoms with Crippen LogP contribution < -0.4 is 4.74 Å². The number of carboxylic acid groups (broad SMARTS) is 1. The third kappa shape index (κ3) is 3.67. The van der Waals surface area contributed by atoms with Gasteiger partial charge in [0.25, 0.3) is 5.88 Å². The Balaban J connectivity index is 1.72. The van der Waals surface area contributed by atoms with E-state index in [9.17, 15) is 9.18 Å². The van der Waals surface area contributed by atoms with E-state index in [1.807, 2.05) is 12.1 Å². The normalized spacial score (nSPS) is 15.3. The van der Waals surface area contributed by atoms with E-state index < -0.39 is 11.8 Å². The van der Waals surface area contributed by atoms with Crippen LogP contribution in [-0.4, -0.2) is 16.1 Å². The molecule has 1 N–H and O–H groups in total. The summed E-state index contributed by atoms with van der Waals surface area (Å²) >= 11 is 0. The van der Waals surface area contributed by atoms with Crippen molar-refractivity contribution in [3.63, 3.8) is 0 Å². The van der Waals surface area contributed by atoms with Crippen molar-refractivity contribution >= 4 is 5.97 Å². The highest BCUT2D eigenvalue weighted by atomic mass is 19.1.